The Morgan fingerprint density at radius 2 is 1.90 bits per heavy atom. The first-order valence-corrected chi connectivity index (χ1v) is 8.61. The summed E-state index contributed by atoms with van der Waals surface area (Å²) >= 11 is 0. The highest BCUT2D eigenvalue weighted by Gasteiger charge is 2.45. The van der Waals surface area contributed by atoms with Crippen LogP contribution in [-0.2, 0) is 4.74 Å². The van der Waals surface area contributed by atoms with Crippen LogP contribution in [0, 0.1) is 0 Å². The normalized spacial score (nSPS) is 31.1. The monoisotopic (exact) mass is 282 g/mol. The van der Waals surface area contributed by atoms with Crippen molar-refractivity contribution in [2.45, 2.75) is 83.4 Å². The molecule has 1 heterocycles. The number of hydrogen-bond acceptors (Lipinski definition) is 3. The molecule has 0 radical (unpaired) electrons. The number of nitrogens with zero attached hydrogens (tertiary/aromatic N) is 1. The van der Waals surface area contributed by atoms with E-state index >= 15 is 0 Å². The molecule has 1 atom stereocenters. The van der Waals surface area contributed by atoms with Crippen molar-refractivity contribution in [2.75, 3.05) is 26.2 Å². The standard InChI is InChI=1S/C17H34N2O/c1-5-16(4)14-19(11-12-20-15(2)3)17(13-18-16)9-7-6-8-10-17/h15,18H,5-14H2,1-4H3. The van der Waals surface area contributed by atoms with E-state index in [2.05, 4.69) is 37.9 Å². The third-order valence-electron chi connectivity index (χ3n) is 5.43. The molecule has 1 aliphatic heterocycles. The largest absolute Gasteiger partial charge is 0.377 e. The molecule has 0 amide bonds. The molecule has 3 nitrogen and oxygen atoms in total. The van der Waals surface area contributed by atoms with Crippen molar-refractivity contribution >= 4 is 0 Å². The van der Waals surface area contributed by atoms with Crippen LogP contribution in [-0.4, -0.2) is 48.3 Å². The lowest BCUT2D eigenvalue weighted by Crippen LogP contribution is -2.69. The molecule has 1 unspecified atom stereocenters. The lowest BCUT2D eigenvalue weighted by molar-refractivity contribution is -0.0387. The second kappa shape index (κ2) is 6.76. The van der Waals surface area contributed by atoms with Crippen LogP contribution in [0.15, 0.2) is 0 Å². The minimum atomic E-state index is 0.278. The molecule has 1 spiro atoms. The van der Waals surface area contributed by atoms with E-state index in [4.69, 9.17) is 4.74 Å². The van der Waals surface area contributed by atoms with Gasteiger partial charge in [0.1, 0.15) is 0 Å². The van der Waals surface area contributed by atoms with Gasteiger partial charge in [-0.15, -0.1) is 0 Å². The van der Waals surface area contributed by atoms with Gasteiger partial charge in [0.25, 0.3) is 0 Å². The number of rotatable bonds is 5. The van der Waals surface area contributed by atoms with Crippen molar-refractivity contribution in [1.29, 1.82) is 0 Å². The van der Waals surface area contributed by atoms with Crippen molar-refractivity contribution < 1.29 is 4.74 Å². The van der Waals surface area contributed by atoms with E-state index in [-0.39, 0.29) is 5.54 Å². The molecule has 0 aromatic rings. The lowest BCUT2D eigenvalue weighted by atomic mass is 9.76. The van der Waals surface area contributed by atoms with Crippen molar-refractivity contribution in [3.63, 3.8) is 0 Å². The second-order valence-corrected chi connectivity index (χ2v) is 7.39. The smallest absolute Gasteiger partial charge is 0.0597 e. The van der Waals surface area contributed by atoms with Crippen LogP contribution in [0.4, 0.5) is 0 Å². The molecule has 0 aromatic heterocycles. The highest BCUT2D eigenvalue weighted by atomic mass is 16.5. The van der Waals surface area contributed by atoms with E-state index in [0.29, 0.717) is 11.6 Å². The molecule has 2 fully saturated rings. The Balaban J connectivity index is 2.01. The third-order valence-corrected chi connectivity index (χ3v) is 5.43. The molecule has 3 heteroatoms. The molecular formula is C17H34N2O. The molecule has 2 aliphatic rings. The Morgan fingerprint density at radius 1 is 1.20 bits per heavy atom. The van der Waals surface area contributed by atoms with Crippen molar-refractivity contribution in [3.8, 4) is 0 Å². The van der Waals surface area contributed by atoms with Gasteiger partial charge in [-0.05, 0) is 40.0 Å². The summed E-state index contributed by atoms with van der Waals surface area (Å²) in [5, 5.41) is 3.85. The molecule has 1 saturated carbocycles. The summed E-state index contributed by atoms with van der Waals surface area (Å²) in [6.45, 7) is 13.2. The maximum atomic E-state index is 5.82. The van der Waals surface area contributed by atoms with Gasteiger partial charge in [-0.1, -0.05) is 26.2 Å². The molecule has 118 valence electrons. The van der Waals surface area contributed by atoms with Gasteiger partial charge < -0.3 is 10.1 Å². The summed E-state index contributed by atoms with van der Waals surface area (Å²) in [5.41, 5.74) is 0.688. The quantitative estimate of drug-likeness (QED) is 0.838. The predicted molar refractivity (Wildman–Crippen MR) is 85.2 cm³/mol. The van der Waals surface area contributed by atoms with Crippen LogP contribution in [0.25, 0.3) is 0 Å². The maximum Gasteiger partial charge on any atom is 0.0597 e. The highest BCUT2D eigenvalue weighted by molar-refractivity contribution is 5.04. The summed E-state index contributed by atoms with van der Waals surface area (Å²) in [5.74, 6) is 0. The predicted octanol–water partition coefficient (Wildman–Crippen LogP) is 3.19. The zero-order chi connectivity index (χ0) is 14.6. The summed E-state index contributed by atoms with van der Waals surface area (Å²) in [6.07, 6.45) is 8.48. The zero-order valence-electron chi connectivity index (χ0n) is 14.0. The molecule has 20 heavy (non-hydrogen) atoms. The van der Waals surface area contributed by atoms with Crippen LogP contribution in [0.3, 0.4) is 0 Å². The molecule has 2 rings (SSSR count). The highest BCUT2D eigenvalue weighted by Crippen LogP contribution is 2.37. The average Bonchev–Trinajstić information content (AvgIpc) is 2.44. The number of ether oxygens (including phenoxy) is 1. The van der Waals surface area contributed by atoms with Gasteiger partial charge in [-0.25, -0.2) is 0 Å². The zero-order valence-corrected chi connectivity index (χ0v) is 14.0. The number of nitrogens with one attached hydrogen (secondary N) is 1. The van der Waals surface area contributed by atoms with E-state index in [0.717, 1.165) is 13.2 Å². The molecule has 1 N–H and O–H groups in total. The number of piperazine rings is 1. The fourth-order valence-electron chi connectivity index (χ4n) is 3.79. The van der Waals surface area contributed by atoms with Gasteiger partial charge in [0, 0.05) is 30.7 Å². The summed E-state index contributed by atoms with van der Waals surface area (Å²) in [7, 11) is 0. The third kappa shape index (κ3) is 3.75. The van der Waals surface area contributed by atoms with Crippen LogP contribution < -0.4 is 5.32 Å². The van der Waals surface area contributed by atoms with Crippen LogP contribution in [0.2, 0.25) is 0 Å². The molecule has 0 aromatic carbocycles. The minimum absolute atomic E-state index is 0.278. The van der Waals surface area contributed by atoms with Gasteiger partial charge >= 0.3 is 0 Å². The first-order valence-electron chi connectivity index (χ1n) is 8.61. The van der Waals surface area contributed by atoms with E-state index in [1.54, 1.807) is 0 Å². The van der Waals surface area contributed by atoms with E-state index in [9.17, 15) is 0 Å². The Bertz CT molecular complexity index is 299. The molecule has 0 bridgehead atoms. The summed E-state index contributed by atoms with van der Waals surface area (Å²) < 4.78 is 5.82. The molecular weight excluding hydrogens is 248 g/mol. The van der Waals surface area contributed by atoms with Gasteiger partial charge in [0.05, 0.1) is 12.7 Å². The van der Waals surface area contributed by atoms with Crippen LogP contribution >= 0.6 is 0 Å². The Morgan fingerprint density at radius 3 is 2.50 bits per heavy atom. The first-order chi connectivity index (χ1) is 9.50. The number of hydrogen-bond donors (Lipinski definition) is 1. The average molecular weight is 282 g/mol. The minimum Gasteiger partial charge on any atom is -0.377 e. The molecule has 1 saturated heterocycles. The van der Waals surface area contributed by atoms with Gasteiger partial charge in [0.15, 0.2) is 0 Å². The van der Waals surface area contributed by atoms with E-state index in [1.807, 2.05) is 0 Å². The Labute approximate surface area is 125 Å². The van der Waals surface area contributed by atoms with Crippen LogP contribution in [0.1, 0.15) is 66.2 Å². The Kier molecular flexibility index (Phi) is 5.49. The van der Waals surface area contributed by atoms with Crippen molar-refractivity contribution in [1.82, 2.24) is 10.2 Å². The summed E-state index contributed by atoms with van der Waals surface area (Å²) in [4.78, 5) is 2.76. The van der Waals surface area contributed by atoms with Gasteiger partial charge in [-0.3, -0.25) is 4.90 Å². The fraction of sp³-hybridized carbons (Fsp3) is 1.00. The van der Waals surface area contributed by atoms with E-state index in [1.165, 1.54) is 51.6 Å². The van der Waals surface area contributed by atoms with E-state index < -0.39 is 0 Å². The Hall–Kier alpha value is -0.120. The van der Waals surface area contributed by atoms with Crippen molar-refractivity contribution in [3.05, 3.63) is 0 Å². The SMILES string of the molecule is CCC1(C)CN(CCOC(C)C)C2(CCCCC2)CN1. The van der Waals surface area contributed by atoms with Gasteiger partial charge in [0.2, 0.25) is 0 Å². The topological polar surface area (TPSA) is 24.5 Å². The first kappa shape index (κ1) is 16.3. The van der Waals surface area contributed by atoms with Crippen LogP contribution in [0.5, 0.6) is 0 Å². The summed E-state index contributed by atoms with van der Waals surface area (Å²) in [6, 6.07) is 0. The fourth-order valence-corrected chi connectivity index (χ4v) is 3.79. The maximum absolute atomic E-state index is 5.82. The van der Waals surface area contributed by atoms with Crippen molar-refractivity contribution in [2.24, 2.45) is 0 Å². The van der Waals surface area contributed by atoms with Gasteiger partial charge in [-0.2, -0.15) is 0 Å². The second-order valence-electron chi connectivity index (χ2n) is 7.39. The molecule has 1 aliphatic carbocycles. The lowest BCUT2D eigenvalue weighted by Gasteiger charge is -2.55.